The van der Waals surface area contributed by atoms with Crippen LogP contribution in [0.5, 0.6) is 0 Å². The van der Waals surface area contributed by atoms with Crippen molar-refractivity contribution in [3.8, 4) is 0 Å². The van der Waals surface area contributed by atoms with Crippen molar-refractivity contribution in [2.75, 3.05) is 5.75 Å². The van der Waals surface area contributed by atoms with Gasteiger partial charge in [-0.2, -0.15) is 5.10 Å². The molecule has 3 nitrogen and oxygen atoms in total. The normalized spacial score (nSPS) is 11.2. The van der Waals surface area contributed by atoms with Crippen molar-refractivity contribution >= 4 is 46.0 Å². The third kappa shape index (κ3) is 5.51. The van der Waals surface area contributed by atoms with Gasteiger partial charge in [0, 0.05) is 8.47 Å². The molecule has 0 spiro atoms. The fraction of sp³-hybridized carbons (Fsp3) is 0.125. The van der Waals surface area contributed by atoms with Gasteiger partial charge in [0.25, 0.3) is 0 Å². The van der Waals surface area contributed by atoms with Crippen molar-refractivity contribution in [3.63, 3.8) is 0 Å². The number of benzene rings is 2. The first-order chi connectivity index (χ1) is 10.1. The quantitative estimate of drug-likeness (QED) is 0.351. The summed E-state index contributed by atoms with van der Waals surface area (Å²) in [6.07, 6.45) is 0. The predicted octanol–water partition coefficient (Wildman–Crippen LogP) is 3.92. The van der Waals surface area contributed by atoms with Gasteiger partial charge < -0.3 is 0 Å². The molecule has 0 bridgehead atoms. The minimum atomic E-state index is -0.103. The van der Waals surface area contributed by atoms with Crippen LogP contribution in [-0.4, -0.2) is 17.4 Å². The zero-order valence-electron chi connectivity index (χ0n) is 11.5. The second-order valence-corrected chi connectivity index (χ2v) is 6.64. The van der Waals surface area contributed by atoms with Gasteiger partial charge in [-0.05, 0) is 59.3 Å². The summed E-state index contributed by atoms with van der Waals surface area (Å²) in [5.41, 5.74) is 4.39. The second-order valence-electron chi connectivity index (χ2n) is 4.34. The molecule has 21 heavy (non-hydrogen) atoms. The van der Waals surface area contributed by atoms with E-state index in [1.54, 1.807) is 0 Å². The highest BCUT2D eigenvalue weighted by Crippen LogP contribution is 2.16. The van der Waals surface area contributed by atoms with E-state index in [4.69, 9.17) is 0 Å². The Kier molecular flexibility index (Phi) is 6.25. The van der Waals surface area contributed by atoms with Crippen molar-refractivity contribution in [3.05, 3.63) is 63.7 Å². The molecule has 2 aromatic rings. The maximum Gasteiger partial charge on any atom is 0.250 e. The molecule has 2 aromatic carbocycles. The molecule has 0 aromatic heterocycles. The molecule has 0 saturated carbocycles. The minimum Gasteiger partial charge on any atom is -0.272 e. The van der Waals surface area contributed by atoms with E-state index in [2.05, 4.69) is 33.1 Å². The molecule has 108 valence electrons. The molecule has 5 heteroatoms. The van der Waals surface area contributed by atoms with E-state index in [1.807, 2.05) is 61.5 Å². The number of rotatable bonds is 5. The number of nitrogens with zero attached hydrogens (tertiary/aromatic N) is 1. The van der Waals surface area contributed by atoms with Crippen LogP contribution in [0.4, 0.5) is 0 Å². The summed E-state index contributed by atoms with van der Waals surface area (Å²) in [4.78, 5) is 12.8. The van der Waals surface area contributed by atoms with E-state index >= 15 is 0 Å². The van der Waals surface area contributed by atoms with Gasteiger partial charge in [-0.25, -0.2) is 5.43 Å². The van der Waals surface area contributed by atoms with Gasteiger partial charge in [0.05, 0.1) is 11.5 Å². The van der Waals surface area contributed by atoms with Crippen molar-refractivity contribution in [2.45, 2.75) is 11.8 Å². The van der Waals surface area contributed by atoms with Crippen LogP contribution in [0.3, 0.4) is 0 Å². The number of nitrogens with one attached hydrogen (secondary N) is 1. The average Bonchev–Trinajstić information content (AvgIpc) is 2.52. The summed E-state index contributed by atoms with van der Waals surface area (Å²) in [6, 6.07) is 17.9. The first-order valence-electron chi connectivity index (χ1n) is 6.42. The van der Waals surface area contributed by atoms with Crippen LogP contribution >= 0.6 is 34.4 Å². The molecule has 2 rings (SSSR count). The number of amides is 1. The largest absolute Gasteiger partial charge is 0.272 e. The highest BCUT2D eigenvalue weighted by atomic mass is 127. The van der Waals surface area contributed by atoms with Gasteiger partial charge in [0.1, 0.15) is 0 Å². The molecular weight excluding hydrogens is 395 g/mol. The van der Waals surface area contributed by atoms with Crippen molar-refractivity contribution < 1.29 is 4.79 Å². The fourth-order valence-corrected chi connectivity index (χ4v) is 2.67. The van der Waals surface area contributed by atoms with Crippen LogP contribution in [0.25, 0.3) is 0 Å². The maximum atomic E-state index is 11.8. The van der Waals surface area contributed by atoms with Crippen LogP contribution in [0.2, 0.25) is 0 Å². The Bertz CT molecular complexity index is 626. The highest BCUT2D eigenvalue weighted by molar-refractivity contribution is 14.1. The molecule has 0 fully saturated rings. The van der Waals surface area contributed by atoms with Gasteiger partial charge >= 0.3 is 0 Å². The van der Waals surface area contributed by atoms with Gasteiger partial charge in [0.15, 0.2) is 0 Å². The lowest BCUT2D eigenvalue weighted by molar-refractivity contribution is -0.118. The number of hydrazone groups is 1. The summed E-state index contributed by atoms with van der Waals surface area (Å²) in [7, 11) is 0. The number of hydrogen-bond donors (Lipinski definition) is 1. The number of carbonyl (C=O) groups is 1. The van der Waals surface area contributed by atoms with Crippen LogP contribution in [0.15, 0.2) is 64.6 Å². The Balaban J connectivity index is 1.85. The smallest absolute Gasteiger partial charge is 0.250 e. The Hall–Kier alpha value is -1.34. The Morgan fingerprint density at radius 3 is 2.48 bits per heavy atom. The summed E-state index contributed by atoms with van der Waals surface area (Å²) in [6.45, 7) is 1.88. The molecule has 0 unspecified atom stereocenters. The summed E-state index contributed by atoms with van der Waals surface area (Å²) in [5.74, 6) is 0.252. The van der Waals surface area contributed by atoms with E-state index in [0.717, 1.165) is 16.2 Å². The van der Waals surface area contributed by atoms with Crippen molar-refractivity contribution in [1.82, 2.24) is 5.43 Å². The lowest BCUT2D eigenvalue weighted by Gasteiger charge is -2.03. The molecule has 0 atom stereocenters. The molecule has 0 aliphatic rings. The van der Waals surface area contributed by atoms with Crippen molar-refractivity contribution in [1.29, 1.82) is 0 Å². The number of halogens is 1. The summed E-state index contributed by atoms with van der Waals surface area (Å²) in [5, 5.41) is 4.14. The van der Waals surface area contributed by atoms with Gasteiger partial charge in [0.2, 0.25) is 5.91 Å². The van der Waals surface area contributed by atoms with Crippen LogP contribution in [0, 0.1) is 3.57 Å². The lowest BCUT2D eigenvalue weighted by Crippen LogP contribution is -2.21. The minimum absolute atomic E-state index is 0.103. The van der Waals surface area contributed by atoms with E-state index in [1.165, 1.54) is 15.3 Å². The average molecular weight is 410 g/mol. The highest BCUT2D eigenvalue weighted by Gasteiger charge is 2.02. The predicted molar refractivity (Wildman–Crippen MR) is 96.7 cm³/mol. The zero-order valence-corrected chi connectivity index (χ0v) is 14.5. The fourth-order valence-electron chi connectivity index (χ4n) is 1.60. The Labute approximate surface area is 142 Å². The lowest BCUT2D eigenvalue weighted by atomic mass is 10.1. The third-order valence-electron chi connectivity index (χ3n) is 2.72. The van der Waals surface area contributed by atoms with E-state index < -0.39 is 0 Å². The van der Waals surface area contributed by atoms with E-state index in [9.17, 15) is 4.79 Å². The van der Waals surface area contributed by atoms with Crippen LogP contribution in [-0.2, 0) is 4.79 Å². The van der Waals surface area contributed by atoms with Crippen LogP contribution < -0.4 is 5.43 Å². The van der Waals surface area contributed by atoms with Crippen LogP contribution in [0.1, 0.15) is 12.5 Å². The first kappa shape index (κ1) is 16.0. The molecular formula is C16H15IN2OS. The maximum absolute atomic E-state index is 11.8. The zero-order chi connectivity index (χ0) is 15.1. The topological polar surface area (TPSA) is 41.5 Å². The Morgan fingerprint density at radius 1 is 1.14 bits per heavy atom. The number of thioether (sulfide) groups is 1. The molecule has 1 N–H and O–H groups in total. The van der Waals surface area contributed by atoms with Gasteiger partial charge in [-0.1, -0.05) is 30.3 Å². The molecule has 0 radical (unpaired) electrons. The van der Waals surface area contributed by atoms with Gasteiger partial charge in [-0.15, -0.1) is 11.8 Å². The van der Waals surface area contributed by atoms with E-state index in [-0.39, 0.29) is 5.91 Å². The second kappa shape index (κ2) is 8.19. The Morgan fingerprint density at radius 2 is 1.81 bits per heavy atom. The van der Waals surface area contributed by atoms with E-state index in [0.29, 0.717) is 5.75 Å². The molecule has 1 amide bonds. The molecule has 0 aliphatic carbocycles. The number of carbonyl (C=O) groups excluding carboxylic acids is 1. The third-order valence-corrected chi connectivity index (χ3v) is 4.45. The molecule has 0 aliphatic heterocycles. The number of hydrogen-bond acceptors (Lipinski definition) is 3. The molecule has 0 heterocycles. The monoisotopic (exact) mass is 410 g/mol. The first-order valence-corrected chi connectivity index (χ1v) is 8.48. The van der Waals surface area contributed by atoms with Crippen molar-refractivity contribution in [2.24, 2.45) is 5.10 Å². The molecule has 0 saturated heterocycles. The SMILES string of the molecule is C/C(=N/NC(=O)CSc1ccccc1)c1ccc(I)cc1. The van der Waals surface area contributed by atoms with Gasteiger partial charge in [-0.3, -0.25) is 4.79 Å². The summed E-state index contributed by atoms with van der Waals surface area (Å²) < 4.78 is 1.17. The summed E-state index contributed by atoms with van der Waals surface area (Å²) >= 11 is 3.75. The standard InChI is InChI=1S/C16H15IN2OS/c1-12(13-7-9-14(17)10-8-13)18-19-16(20)11-21-15-5-3-2-4-6-15/h2-10H,11H2,1H3,(H,19,20)/b18-12-.